The fourth-order valence-corrected chi connectivity index (χ4v) is 2.09. The molecule has 2 rings (SSSR count). The number of ether oxygens (including phenoxy) is 1. The average molecular weight is 396 g/mol. The highest BCUT2D eigenvalue weighted by molar-refractivity contribution is 7.80. The number of hydrogen-bond donors (Lipinski definition) is 3. The Bertz CT molecular complexity index is 831. The van der Waals surface area contributed by atoms with Crippen LogP contribution in [0.15, 0.2) is 42.5 Å². The summed E-state index contributed by atoms with van der Waals surface area (Å²) >= 11 is 10.8. The summed E-state index contributed by atoms with van der Waals surface area (Å²) in [4.78, 5) is 23.6. The Morgan fingerprint density at radius 2 is 1.85 bits per heavy atom. The fourth-order valence-electron chi connectivity index (χ4n) is 1.83. The van der Waals surface area contributed by atoms with Crippen LogP contribution in [0.25, 0.3) is 0 Å². The summed E-state index contributed by atoms with van der Waals surface area (Å²) in [6.07, 6.45) is 0. The van der Waals surface area contributed by atoms with E-state index in [1.54, 1.807) is 18.2 Å². The fraction of sp³-hybridized carbons (Fsp3) is 0.118. The quantitative estimate of drug-likeness (QED) is 0.547. The van der Waals surface area contributed by atoms with Gasteiger partial charge in [0.25, 0.3) is 11.8 Å². The number of hydrogen-bond acceptors (Lipinski definition) is 4. The number of rotatable bonds is 4. The summed E-state index contributed by atoms with van der Waals surface area (Å²) in [7, 11) is 0. The zero-order valence-corrected chi connectivity index (χ0v) is 15.2. The largest absolute Gasteiger partial charge is 0.484 e. The Morgan fingerprint density at radius 1 is 1.15 bits per heavy atom. The lowest BCUT2D eigenvalue weighted by Crippen LogP contribution is -2.49. The third-order valence-electron chi connectivity index (χ3n) is 3.15. The molecule has 0 aromatic heterocycles. The molecule has 0 fully saturated rings. The van der Waals surface area contributed by atoms with Crippen molar-refractivity contribution in [2.24, 2.45) is 0 Å². The van der Waals surface area contributed by atoms with Gasteiger partial charge in [0.2, 0.25) is 0 Å². The monoisotopic (exact) mass is 395 g/mol. The van der Waals surface area contributed by atoms with Crippen molar-refractivity contribution in [1.82, 2.24) is 16.2 Å². The van der Waals surface area contributed by atoms with E-state index in [0.717, 1.165) is 17.7 Å². The standard InChI is InChI=1S/C17H15ClFN3O3S/c1-10-8-13(6-7-14(10)18)25-9-15(23)21-22-17(26)20-16(24)11-2-4-12(19)5-3-11/h2-8H,9H2,1H3,(H,21,23)(H2,20,22,24,26). The molecule has 0 radical (unpaired) electrons. The molecule has 2 aromatic carbocycles. The van der Waals surface area contributed by atoms with Gasteiger partial charge in [-0.1, -0.05) is 11.6 Å². The Kier molecular flexibility index (Phi) is 6.88. The van der Waals surface area contributed by atoms with Gasteiger partial charge in [-0.3, -0.25) is 25.8 Å². The van der Waals surface area contributed by atoms with Crippen molar-refractivity contribution in [3.8, 4) is 5.75 Å². The minimum Gasteiger partial charge on any atom is -0.484 e. The van der Waals surface area contributed by atoms with E-state index in [0.29, 0.717) is 10.8 Å². The van der Waals surface area contributed by atoms with E-state index in [9.17, 15) is 14.0 Å². The highest BCUT2D eigenvalue weighted by Crippen LogP contribution is 2.20. The molecule has 9 heteroatoms. The second-order valence-corrected chi connectivity index (χ2v) is 5.98. The van der Waals surface area contributed by atoms with E-state index in [4.69, 9.17) is 28.6 Å². The van der Waals surface area contributed by atoms with Gasteiger partial charge in [-0.2, -0.15) is 0 Å². The molecule has 0 saturated carbocycles. The van der Waals surface area contributed by atoms with Crippen LogP contribution in [0.3, 0.4) is 0 Å². The molecule has 0 unspecified atom stereocenters. The molecular formula is C17H15ClFN3O3S. The van der Waals surface area contributed by atoms with Crippen LogP contribution < -0.4 is 20.9 Å². The van der Waals surface area contributed by atoms with Crippen LogP contribution in [0.4, 0.5) is 4.39 Å². The van der Waals surface area contributed by atoms with Gasteiger partial charge in [-0.25, -0.2) is 4.39 Å². The molecule has 0 heterocycles. The minimum atomic E-state index is -0.537. The lowest BCUT2D eigenvalue weighted by molar-refractivity contribution is -0.123. The third-order valence-corrected chi connectivity index (χ3v) is 3.78. The number of thiocarbonyl (C=S) groups is 1. The van der Waals surface area contributed by atoms with Gasteiger partial charge >= 0.3 is 0 Å². The molecule has 2 amide bonds. The zero-order valence-electron chi connectivity index (χ0n) is 13.6. The van der Waals surface area contributed by atoms with Crippen molar-refractivity contribution in [3.05, 3.63) is 64.4 Å². The number of halogens is 2. The molecule has 0 aliphatic carbocycles. The van der Waals surface area contributed by atoms with Gasteiger partial charge in [0.1, 0.15) is 11.6 Å². The number of carbonyl (C=O) groups is 2. The molecular weight excluding hydrogens is 381 g/mol. The number of benzene rings is 2. The lowest BCUT2D eigenvalue weighted by Gasteiger charge is -2.11. The highest BCUT2D eigenvalue weighted by atomic mass is 35.5. The topological polar surface area (TPSA) is 79.5 Å². The first-order chi connectivity index (χ1) is 12.3. The third kappa shape index (κ3) is 5.98. The van der Waals surface area contributed by atoms with E-state index in [1.165, 1.54) is 12.1 Å². The summed E-state index contributed by atoms with van der Waals surface area (Å²) in [5.74, 6) is -1.000. The van der Waals surface area contributed by atoms with Crippen LogP contribution in [-0.2, 0) is 4.79 Å². The summed E-state index contributed by atoms with van der Waals surface area (Å²) in [5.41, 5.74) is 5.72. The van der Waals surface area contributed by atoms with E-state index < -0.39 is 17.6 Å². The van der Waals surface area contributed by atoms with Crippen LogP contribution in [0, 0.1) is 12.7 Å². The number of hydrazine groups is 1. The van der Waals surface area contributed by atoms with E-state index in [1.807, 2.05) is 6.92 Å². The summed E-state index contributed by atoms with van der Waals surface area (Å²) in [6.45, 7) is 1.56. The van der Waals surface area contributed by atoms with Crippen LogP contribution >= 0.6 is 23.8 Å². The Balaban J connectivity index is 1.74. The molecule has 0 aliphatic rings. The minimum absolute atomic E-state index is 0.116. The second kappa shape index (κ2) is 9.12. The van der Waals surface area contributed by atoms with Crippen LogP contribution in [0.1, 0.15) is 15.9 Å². The molecule has 0 spiro atoms. The van der Waals surface area contributed by atoms with Crippen molar-refractivity contribution in [1.29, 1.82) is 0 Å². The lowest BCUT2D eigenvalue weighted by atomic mass is 10.2. The van der Waals surface area contributed by atoms with Crippen LogP contribution in [0.2, 0.25) is 5.02 Å². The SMILES string of the molecule is Cc1cc(OCC(=O)NNC(=S)NC(=O)c2ccc(F)cc2)ccc1Cl. The maximum absolute atomic E-state index is 12.8. The molecule has 6 nitrogen and oxygen atoms in total. The van der Waals surface area contributed by atoms with Crippen molar-refractivity contribution >= 4 is 40.7 Å². The number of nitrogens with one attached hydrogen (secondary N) is 3. The average Bonchev–Trinajstić information content (AvgIpc) is 2.61. The first kappa shape index (κ1) is 19.6. The Hall–Kier alpha value is -2.71. The van der Waals surface area contributed by atoms with Gasteiger partial charge < -0.3 is 4.74 Å². The molecule has 26 heavy (non-hydrogen) atoms. The smallest absolute Gasteiger partial charge is 0.276 e. The molecule has 0 saturated heterocycles. The number of carbonyl (C=O) groups excluding carboxylic acids is 2. The van der Waals surface area contributed by atoms with E-state index in [-0.39, 0.29) is 17.3 Å². The van der Waals surface area contributed by atoms with Crippen LogP contribution in [-0.4, -0.2) is 23.5 Å². The molecule has 0 bridgehead atoms. The predicted molar refractivity (Wildman–Crippen MR) is 99.4 cm³/mol. The van der Waals surface area contributed by atoms with Crippen molar-refractivity contribution < 1.29 is 18.7 Å². The highest BCUT2D eigenvalue weighted by Gasteiger charge is 2.09. The zero-order chi connectivity index (χ0) is 19.1. The second-order valence-electron chi connectivity index (χ2n) is 5.16. The maximum Gasteiger partial charge on any atom is 0.276 e. The van der Waals surface area contributed by atoms with Crippen molar-refractivity contribution in [2.45, 2.75) is 6.92 Å². The molecule has 2 aromatic rings. The summed E-state index contributed by atoms with van der Waals surface area (Å²) in [6, 6.07) is 9.95. The predicted octanol–water partition coefficient (Wildman–Crippen LogP) is 2.50. The first-order valence-corrected chi connectivity index (χ1v) is 8.18. The summed E-state index contributed by atoms with van der Waals surface area (Å²) in [5, 5.41) is 2.83. The number of amides is 2. The van der Waals surface area contributed by atoms with E-state index >= 15 is 0 Å². The number of aryl methyl sites for hydroxylation is 1. The van der Waals surface area contributed by atoms with Crippen LogP contribution in [0.5, 0.6) is 5.75 Å². The summed E-state index contributed by atoms with van der Waals surface area (Å²) < 4.78 is 18.1. The molecule has 136 valence electrons. The first-order valence-electron chi connectivity index (χ1n) is 7.40. The van der Waals surface area contributed by atoms with Gasteiger partial charge in [0.15, 0.2) is 11.7 Å². The maximum atomic E-state index is 12.8. The van der Waals surface area contributed by atoms with Gasteiger partial charge in [0.05, 0.1) is 0 Å². The van der Waals surface area contributed by atoms with Gasteiger partial charge in [-0.05, 0) is 67.2 Å². The van der Waals surface area contributed by atoms with Crippen molar-refractivity contribution in [2.75, 3.05) is 6.61 Å². The molecule has 0 aliphatic heterocycles. The van der Waals surface area contributed by atoms with Crippen molar-refractivity contribution in [3.63, 3.8) is 0 Å². The van der Waals surface area contributed by atoms with Gasteiger partial charge in [-0.15, -0.1) is 0 Å². The molecule has 0 atom stereocenters. The van der Waals surface area contributed by atoms with Gasteiger partial charge in [0, 0.05) is 10.6 Å². The normalized spacial score (nSPS) is 9.96. The molecule has 3 N–H and O–H groups in total. The Morgan fingerprint density at radius 3 is 2.50 bits per heavy atom. The van der Waals surface area contributed by atoms with E-state index in [2.05, 4.69) is 16.2 Å². The Labute approximate surface area is 159 Å².